The Hall–Kier alpha value is -0.670. The van der Waals surface area contributed by atoms with Gasteiger partial charge in [0.15, 0.2) is 5.78 Å². The van der Waals surface area contributed by atoms with Gasteiger partial charge in [0.05, 0.1) is 24.2 Å². The van der Waals surface area contributed by atoms with E-state index in [9.17, 15) is 9.90 Å². The molecule has 5 atom stereocenters. The van der Waals surface area contributed by atoms with Gasteiger partial charge >= 0.3 is 0 Å². The Morgan fingerprint density at radius 3 is 3.00 bits per heavy atom. The first-order valence-corrected chi connectivity index (χ1v) is 4.81. The molecule has 0 amide bonds. The fourth-order valence-electron chi connectivity index (χ4n) is 2.86. The van der Waals surface area contributed by atoms with Gasteiger partial charge < -0.3 is 9.84 Å². The molecule has 2 aliphatic heterocycles. The Labute approximate surface area is 76.4 Å². The summed E-state index contributed by atoms with van der Waals surface area (Å²) in [6.07, 6.45) is 4.74. The average molecular weight is 180 g/mol. The van der Waals surface area contributed by atoms with Crippen LogP contribution in [0.15, 0.2) is 12.2 Å². The summed E-state index contributed by atoms with van der Waals surface area (Å²) in [5.41, 5.74) is 0. The van der Waals surface area contributed by atoms with Gasteiger partial charge in [0.2, 0.25) is 0 Å². The lowest BCUT2D eigenvalue weighted by Gasteiger charge is -2.25. The normalized spacial score (nSPS) is 52.7. The number of ether oxygens (including phenoxy) is 1. The van der Waals surface area contributed by atoms with E-state index in [1.165, 1.54) is 0 Å². The summed E-state index contributed by atoms with van der Waals surface area (Å²) < 4.78 is 5.67. The lowest BCUT2D eigenvalue weighted by Crippen LogP contribution is -2.31. The number of aliphatic hydroxyl groups excluding tert-OH is 1. The SMILES string of the molecule is O=C1C=CC2C3CC(O)CC(O3)C12. The number of fused-ring (bicyclic) bond motifs is 5. The molecule has 1 N–H and O–H groups in total. The Bertz CT molecular complexity index is 284. The largest absolute Gasteiger partial charge is 0.393 e. The molecule has 2 fully saturated rings. The fourth-order valence-corrected chi connectivity index (χ4v) is 2.86. The zero-order chi connectivity index (χ0) is 9.00. The second kappa shape index (κ2) is 2.42. The minimum Gasteiger partial charge on any atom is -0.393 e. The van der Waals surface area contributed by atoms with Gasteiger partial charge in [-0.3, -0.25) is 4.79 Å². The number of carbonyl (C=O) groups excluding carboxylic acids is 1. The molecule has 13 heavy (non-hydrogen) atoms. The highest BCUT2D eigenvalue weighted by Gasteiger charge is 2.52. The topological polar surface area (TPSA) is 46.5 Å². The van der Waals surface area contributed by atoms with Crippen LogP contribution in [0.5, 0.6) is 0 Å². The number of carbonyl (C=O) groups is 1. The molecule has 0 saturated carbocycles. The maximum absolute atomic E-state index is 11.5. The van der Waals surface area contributed by atoms with Crippen LogP contribution >= 0.6 is 0 Å². The van der Waals surface area contributed by atoms with Gasteiger partial charge in [-0.05, 0) is 6.08 Å². The van der Waals surface area contributed by atoms with Crippen LogP contribution in [-0.2, 0) is 9.53 Å². The van der Waals surface area contributed by atoms with Crippen molar-refractivity contribution in [3.63, 3.8) is 0 Å². The highest BCUT2D eigenvalue weighted by molar-refractivity contribution is 5.95. The molecule has 0 aromatic rings. The van der Waals surface area contributed by atoms with E-state index in [1.54, 1.807) is 6.08 Å². The third-order valence-corrected chi connectivity index (χ3v) is 3.41. The molecule has 2 saturated heterocycles. The molecule has 3 aliphatic rings. The van der Waals surface area contributed by atoms with E-state index in [0.29, 0.717) is 12.8 Å². The van der Waals surface area contributed by atoms with Crippen molar-refractivity contribution in [2.24, 2.45) is 11.8 Å². The van der Waals surface area contributed by atoms with E-state index in [0.717, 1.165) is 0 Å². The molecular formula is C10H12O3. The summed E-state index contributed by atoms with van der Waals surface area (Å²) in [7, 11) is 0. The molecule has 3 rings (SSSR count). The number of allylic oxidation sites excluding steroid dienone is 1. The smallest absolute Gasteiger partial charge is 0.161 e. The second-order valence-corrected chi connectivity index (χ2v) is 4.20. The van der Waals surface area contributed by atoms with E-state index in [1.807, 2.05) is 6.08 Å². The first-order valence-electron chi connectivity index (χ1n) is 4.81. The van der Waals surface area contributed by atoms with Crippen LogP contribution in [0.3, 0.4) is 0 Å². The van der Waals surface area contributed by atoms with Crippen LogP contribution in [0.25, 0.3) is 0 Å². The minimum atomic E-state index is -0.268. The molecule has 2 bridgehead atoms. The molecule has 0 aromatic carbocycles. The van der Waals surface area contributed by atoms with E-state index >= 15 is 0 Å². The van der Waals surface area contributed by atoms with Crippen LogP contribution in [0.2, 0.25) is 0 Å². The Morgan fingerprint density at radius 2 is 2.15 bits per heavy atom. The van der Waals surface area contributed by atoms with Crippen LogP contribution in [0, 0.1) is 11.8 Å². The van der Waals surface area contributed by atoms with Gasteiger partial charge in [-0.25, -0.2) is 0 Å². The van der Waals surface area contributed by atoms with Crippen molar-refractivity contribution in [3.05, 3.63) is 12.2 Å². The summed E-state index contributed by atoms with van der Waals surface area (Å²) in [6.45, 7) is 0. The zero-order valence-corrected chi connectivity index (χ0v) is 7.22. The summed E-state index contributed by atoms with van der Waals surface area (Å²) in [6, 6.07) is 0. The molecule has 3 heteroatoms. The maximum atomic E-state index is 11.5. The molecule has 5 unspecified atom stereocenters. The van der Waals surface area contributed by atoms with Crippen molar-refractivity contribution in [1.29, 1.82) is 0 Å². The van der Waals surface area contributed by atoms with Crippen molar-refractivity contribution in [2.75, 3.05) is 0 Å². The Balaban J connectivity index is 1.94. The first kappa shape index (κ1) is 7.71. The maximum Gasteiger partial charge on any atom is 0.161 e. The lowest BCUT2D eigenvalue weighted by atomic mass is 9.90. The number of aliphatic hydroxyl groups is 1. The lowest BCUT2D eigenvalue weighted by molar-refractivity contribution is -0.121. The van der Waals surface area contributed by atoms with Crippen molar-refractivity contribution in [1.82, 2.24) is 0 Å². The molecule has 0 radical (unpaired) electrons. The van der Waals surface area contributed by atoms with E-state index in [-0.39, 0.29) is 35.9 Å². The summed E-state index contributed by atoms with van der Waals surface area (Å²) in [4.78, 5) is 11.5. The highest BCUT2D eigenvalue weighted by Crippen LogP contribution is 2.45. The predicted molar refractivity (Wildman–Crippen MR) is 45.0 cm³/mol. The van der Waals surface area contributed by atoms with Gasteiger partial charge in [0, 0.05) is 18.8 Å². The molecule has 3 nitrogen and oxygen atoms in total. The van der Waals surface area contributed by atoms with Crippen molar-refractivity contribution in [2.45, 2.75) is 31.2 Å². The summed E-state index contributed by atoms with van der Waals surface area (Å²) in [5, 5.41) is 9.52. The van der Waals surface area contributed by atoms with E-state index < -0.39 is 0 Å². The monoisotopic (exact) mass is 180 g/mol. The van der Waals surface area contributed by atoms with E-state index in [2.05, 4.69) is 0 Å². The second-order valence-electron chi connectivity index (χ2n) is 4.20. The average Bonchev–Trinajstić information content (AvgIpc) is 2.55. The third kappa shape index (κ3) is 0.944. The van der Waals surface area contributed by atoms with Crippen LogP contribution in [0.1, 0.15) is 12.8 Å². The van der Waals surface area contributed by atoms with Crippen LogP contribution in [-0.4, -0.2) is 29.2 Å². The highest BCUT2D eigenvalue weighted by atomic mass is 16.5. The summed E-state index contributed by atoms with van der Waals surface area (Å²) in [5.74, 6) is 0.448. The van der Waals surface area contributed by atoms with Crippen molar-refractivity contribution < 1.29 is 14.6 Å². The van der Waals surface area contributed by atoms with Gasteiger partial charge in [-0.1, -0.05) is 6.08 Å². The van der Waals surface area contributed by atoms with Crippen molar-refractivity contribution in [3.8, 4) is 0 Å². The van der Waals surface area contributed by atoms with Gasteiger partial charge in [0.25, 0.3) is 0 Å². The number of hydrogen-bond donors (Lipinski definition) is 1. The van der Waals surface area contributed by atoms with Gasteiger partial charge in [-0.2, -0.15) is 0 Å². The fraction of sp³-hybridized carbons (Fsp3) is 0.700. The van der Waals surface area contributed by atoms with Crippen LogP contribution < -0.4 is 0 Å². The predicted octanol–water partition coefficient (Wildman–Crippen LogP) is 0.280. The summed E-state index contributed by atoms with van der Waals surface area (Å²) >= 11 is 0. The first-order chi connectivity index (χ1) is 6.25. The molecule has 0 spiro atoms. The standard InChI is InChI=1S/C10H12O3/c11-5-3-8-6-1-2-7(12)10(6)9(4-5)13-8/h1-2,5-6,8-11H,3-4H2. The van der Waals surface area contributed by atoms with Crippen LogP contribution in [0.4, 0.5) is 0 Å². The molecule has 1 aliphatic carbocycles. The number of ketones is 1. The molecule has 70 valence electrons. The quantitative estimate of drug-likeness (QED) is 0.582. The Kier molecular flexibility index (Phi) is 1.44. The van der Waals surface area contributed by atoms with Crippen molar-refractivity contribution >= 4 is 5.78 Å². The minimum absolute atomic E-state index is 0.0159. The molecule has 2 heterocycles. The zero-order valence-electron chi connectivity index (χ0n) is 7.22. The van der Waals surface area contributed by atoms with Gasteiger partial charge in [-0.15, -0.1) is 0 Å². The number of rotatable bonds is 0. The van der Waals surface area contributed by atoms with Gasteiger partial charge in [0.1, 0.15) is 0 Å². The third-order valence-electron chi connectivity index (χ3n) is 3.41. The number of hydrogen-bond acceptors (Lipinski definition) is 3. The molecular weight excluding hydrogens is 168 g/mol. The Morgan fingerprint density at radius 1 is 1.38 bits per heavy atom. The molecule has 0 aromatic heterocycles. The van der Waals surface area contributed by atoms with E-state index in [4.69, 9.17) is 4.74 Å².